The fourth-order valence-corrected chi connectivity index (χ4v) is 4.03. The van der Waals surface area contributed by atoms with Gasteiger partial charge < -0.3 is 15.0 Å². The van der Waals surface area contributed by atoms with Gasteiger partial charge in [0.2, 0.25) is 0 Å². The lowest BCUT2D eigenvalue weighted by atomic mass is 10.0. The van der Waals surface area contributed by atoms with Crippen molar-refractivity contribution in [2.45, 2.75) is 6.54 Å². The summed E-state index contributed by atoms with van der Waals surface area (Å²) in [5.41, 5.74) is 3.81. The van der Waals surface area contributed by atoms with Crippen LogP contribution >= 0.6 is 23.2 Å². The normalized spacial score (nSPS) is 14.8. The fraction of sp³-hybridized carbons (Fsp3) is 0.280. The number of rotatable bonds is 7. The molecule has 4 rings (SSSR count). The van der Waals surface area contributed by atoms with Crippen molar-refractivity contribution in [3.8, 4) is 16.9 Å². The molecule has 33 heavy (non-hydrogen) atoms. The lowest BCUT2D eigenvalue weighted by molar-refractivity contribution is -0.118. The molecule has 6 nitrogen and oxygen atoms in total. The van der Waals surface area contributed by atoms with Crippen molar-refractivity contribution in [2.24, 2.45) is 0 Å². The monoisotopic (exact) mass is 484 g/mol. The number of benzene rings is 2. The van der Waals surface area contributed by atoms with Gasteiger partial charge in [0.1, 0.15) is 5.75 Å². The standard InChI is InChI=1S/C25H26Cl2N4O2/c1-30-10-12-31(13-11-30)16-20-14-19(18-6-8-28-9-7-18)2-5-24(20)33-17-25(32)29-21-3-4-22(26)23(27)15-21/h2-9,14-15H,10-13,16-17H2,1H3,(H,29,32). The fourth-order valence-electron chi connectivity index (χ4n) is 3.73. The molecule has 3 aromatic rings. The molecule has 0 unspecified atom stereocenters. The highest BCUT2D eigenvalue weighted by Gasteiger charge is 2.17. The van der Waals surface area contributed by atoms with Gasteiger partial charge in [-0.2, -0.15) is 0 Å². The molecule has 1 fully saturated rings. The summed E-state index contributed by atoms with van der Waals surface area (Å²) in [5.74, 6) is 0.438. The molecule has 0 atom stereocenters. The van der Waals surface area contributed by atoms with Crippen LogP contribution in [0.15, 0.2) is 60.9 Å². The number of carbonyl (C=O) groups excluding carboxylic acids is 1. The van der Waals surface area contributed by atoms with Crippen LogP contribution in [-0.4, -0.2) is 60.5 Å². The first-order valence-corrected chi connectivity index (χ1v) is 11.6. The number of likely N-dealkylation sites (N-methyl/N-ethyl adjacent to an activating group) is 1. The Labute approximate surface area is 204 Å². The summed E-state index contributed by atoms with van der Waals surface area (Å²) in [4.78, 5) is 21.3. The molecule has 8 heteroatoms. The maximum atomic E-state index is 12.5. The molecule has 0 saturated carbocycles. The van der Waals surface area contributed by atoms with E-state index in [2.05, 4.69) is 33.2 Å². The van der Waals surface area contributed by atoms with Crippen molar-refractivity contribution in [1.82, 2.24) is 14.8 Å². The minimum absolute atomic E-state index is 0.107. The van der Waals surface area contributed by atoms with Gasteiger partial charge in [-0.25, -0.2) is 0 Å². The summed E-state index contributed by atoms with van der Waals surface area (Å²) in [5, 5.41) is 3.62. The van der Waals surface area contributed by atoms with E-state index in [4.69, 9.17) is 27.9 Å². The van der Waals surface area contributed by atoms with E-state index in [9.17, 15) is 4.79 Å². The SMILES string of the molecule is CN1CCN(Cc2cc(-c3ccncc3)ccc2OCC(=O)Nc2ccc(Cl)c(Cl)c2)CC1. The summed E-state index contributed by atoms with van der Waals surface area (Å²) in [6.45, 7) is 4.71. The molecule has 1 aromatic heterocycles. The van der Waals surface area contributed by atoms with Crippen LogP contribution in [0.1, 0.15) is 5.56 Å². The Kier molecular flexibility index (Phi) is 7.83. The highest BCUT2D eigenvalue weighted by Crippen LogP contribution is 2.28. The zero-order valence-corrected chi connectivity index (χ0v) is 19.9. The molecule has 1 N–H and O–H groups in total. The van der Waals surface area contributed by atoms with Gasteiger partial charge in [-0.1, -0.05) is 29.3 Å². The minimum Gasteiger partial charge on any atom is -0.483 e. The second-order valence-corrected chi connectivity index (χ2v) is 8.92. The molecule has 172 valence electrons. The van der Waals surface area contributed by atoms with Crippen LogP contribution in [0.2, 0.25) is 10.0 Å². The third kappa shape index (κ3) is 6.45. The Bertz CT molecular complexity index is 1100. The van der Waals surface area contributed by atoms with E-state index in [1.165, 1.54) is 0 Å². The average Bonchev–Trinajstić information content (AvgIpc) is 2.82. The largest absolute Gasteiger partial charge is 0.483 e. The number of amides is 1. The number of pyridine rings is 1. The highest BCUT2D eigenvalue weighted by molar-refractivity contribution is 6.42. The van der Waals surface area contributed by atoms with Crippen LogP contribution in [0, 0.1) is 0 Å². The van der Waals surface area contributed by atoms with Crippen LogP contribution in [0.5, 0.6) is 5.75 Å². The van der Waals surface area contributed by atoms with Crippen LogP contribution in [0.3, 0.4) is 0 Å². The van der Waals surface area contributed by atoms with Crippen LogP contribution < -0.4 is 10.1 Å². The summed E-state index contributed by atoms with van der Waals surface area (Å²) < 4.78 is 5.96. The molecule has 0 aliphatic carbocycles. The number of anilines is 1. The summed E-state index contributed by atoms with van der Waals surface area (Å²) in [6.07, 6.45) is 3.57. The molecular weight excluding hydrogens is 459 g/mol. The van der Waals surface area contributed by atoms with Gasteiger partial charge in [0.05, 0.1) is 10.0 Å². The third-order valence-corrected chi connectivity index (χ3v) is 6.37. The van der Waals surface area contributed by atoms with E-state index in [-0.39, 0.29) is 12.5 Å². The lowest BCUT2D eigenvalue weighted by Crippen LogP contribution is -2.43. The molecule has 2 aromatic carbocycles. The van der Waals surface area contributed by atoms with Crippen LogP contribution in [0.4, 0.5) is 5.69 Å². The van der Waals surface area contributed by atoms with E-state index >= 15 is 0 Å². The number of ether oxygens (including phenoxy) is 1. The van der Waals surface area contributed by atoms with Gasteiger partial charge in [0.15, 0.2) is 6.61 Å². The Morgan fingerprint density at radius 2 is 1.73 bits per heavy atom. The summed E-state index contributed by atoms with van der Waals surface area (Å²) >= 11 is 12.0. The Hall–Kier alpha value is -2.64. The van der Waals surface area contributed by atoms with Gasteiger partial charge in [-0.3, -0.25) is 14.7 Å². The minimum atomic E-state index is -0.267. The molecule has 1 aliphatic heterocycles. The topological polar surface area (TPSA) is 57.7 Å². The van der Waals surface area contributed by atoms with Crippen molar-refractivity contribution in [1.29, 1.82) is 0 Å². The van der Waals surface area contributed by atoms with Crippen molar-refractivity contribution in [3.05, 3.63) is 76.5 Å². The van der Waals surface area contributed by atoms with Gasteiger partial charge in [-0.05, 0) is 60.6 Å². The third-order valence-electron chi connectivity index (χ3n) is 5.63. The molecule has 1 saturated heterocycles. The number of hydrogen-bond acceptors (Lipinski definition) is 5. The second-order valence-electron chi connectivity index (χ2n) is 8.10. The smallest absolute Gasteiger partial charge is 0.262 e. The van der Waals surface area contributed by atoms with Gasteiger partial charge in [0, 0.05) is 56.4 Å². The summed E-state index contributed by atoms with van der Waals surface area (Å²) in [6, 6.07) is 15.0. The quantitative estimate of drug-likeness (QED) is 0.520. The molecular formula is C25H26Cl2N4O2. The zero-order chi connectivity index (χ0) is 23.2. The predicted molar refractivity (Wildman–Crippen MR) is 133 cm³/mol. The average molecular weight is 485 g/mol. The Morgan fingerprint density at radius 1 is 0.970 bits per heavy atom. The number of piperazine rings is 1. The van der Waals surface area contributed by atoms with Gasteiger partial charge in [-0.15, -0.1) is 0 Å². The number of hydrogen-bond donors (Lipinski definition) is 1. The van der Waals surface area contributed by atoms with E-state index in [1.807, 2.05) is 24.3 Å². The molecule has 1 aliphatic rings. The highest BCUT2D eigenvalue weighted by atomic mass is 35.5. The van der Waals surface area contributed by atoms with E-state index in [0.29, 0.717) is 21.5 Å². The molecule has 1 amide bonds. The maximum absolute atomic E-state index is 12.5. The number of nitrogens with one attached hydrogen (secondary N) is 1. The molecule has 0 bridgehead atoms. The first-order valence-electron chi connectivity index (χ1n) is 10.8. The van der Waals surface area contributed by atoms with Crippen LogP contribution in [-0.2, 0) is 11.3 Å². The number of carbonyl (C=O) groups is 1. The molecule has 0 radical (unpaired) electrons. The van der Waals surface area contributed by atoms with Gasteiger partial charge >= 0.3 is 0 Å². The van der Waals surface area contributed by atoms with Crippen molar-refractivity contribution in [3.63, 3.8) is 0 Å². The first kappa shape index (κ1) is 23.5. The number of nitrogens with zero attached hydrogens (tertiary/aromatic N) is 3. The van der Waals surface area contributed by atoms with Crippen molar-refractivity contribution < 1.29 is 9.53 Å². The zero-order valence-electron chi connectivity index (χ0n) is 18.4. The number of aromatic nitrogens is 1. The van der Waals surface area contributed by atoms with E-state index in [1.54, 1.807) is 30.6 Å². The molecule has 0 spiro atoms. The first-order chi connectivity index (χ1) is 16.0. The number of halogens is 2. The Balaban J connectivity index is 1.48. The van der Waals surface area contributed by atoms with E-state index < -0.39 is 0 Å². The molecule has 2 heterocycles. The van der Waals surface area contributed by atoms with Crippen molar-refractivity contribution in [2.75, 3.05) is 45.2 Å². The predicted octanol–water partition coefficient (Wildman–Crippen LogP) is 4.82. The Morgan fingerprint density at radius 3 is 2.45 bits per heavy atom. The van der Waals surface area contributed by atoms with Crippen molar-refractivity contribution >= 4 is 34.8 Å². The maximum Gasteiger partial charge on any atom is 0.262 e. The summed E-state index contributed by atoms with van der Waals surface area (Å²) in [7, 11) is 2.14. The van der Waals surface area contributed by atoms with Crippen LogP contribution in [0.25, 0.3) is 11.1 Å². The lowest BCUT2D eigenvalue weighted by Gasteiger charge is -2.32. The second kappa shape index (κ2) is 11.0. The van der Waals surface area contributed by atoms with E-state index in [0.717, 1.165) is 49.4 Å². The van der Waals surface area contributed by atoms with Gasteiger partial charge in [0.25, 0.3) is 5.91 Å².